The van der Waals surface area contributed by atoms with Gasteiger partial charge in [-0.05, 0) is 24.5 Å². The van der Waals surface area contributed by atoms with Crippen LogP contribution in [0.2, 0.25) is 0 Å². The van der Waals surface area contributed by atoms with Crippen molar-refractivity contribution >= 4 is 5.91 Å². The number of benzene rings is 1. The molecule has 22 heavy (non-hydrogen) atoms. The second-order valence-electron chi connectivity index (χ2n) is 5.58. The van der Waals surface area contributed by atoms with Crippen molar-refractivity contribution in [3.8, 4) is 5.75 Å². The van der Waals surface area contributed by atoms with Crippen LogP contribution in [0.1, 0.15) is 17.8 Å². The van der Waals surface area contributed by atoms with Gasteiger partial charge in [0, 0.05) is 37.8 Å². The van der Waals surface area contributed by atoms with Crippen molar-refractivity contribution in [2.24, 2.45) is 5.92 Å². The molecule has 1 amide bonds. The van der Waals surface area contributed by atoms with Gasteiger partial charge in [-0.3, -0.25) is 4.79 Å². The van der Waals surface area contributed by atoms with Crippen molar-refractivity contribution in [2.75, 3.05) is 13.7 Å². The number of methoxy groups -OCH3 is 1. The van der Waals surface area contributed by atoms with E-state index in [-0.39, 0.29) is 11.8 Å². The van der Waals surface area contributed by atoms with Gasteiger partial charge in [-0.15, -0.1) is 0 Å². The molecule has 1 N–H and O–H groups in total. The molecule has 1 unspecified atom stereocenters. The Bertz CT molecular complexity index is 651. The molecule has 2 aromatic rings. The molecule has 116 valence electrons. The highest BCUT2D eigenvalue weighted by Gasteiger charge is 2.24. The summed E-state index contributed by atoms with van der Waals surface area (Å²) in [6.07, 6.45) is 6.16. The molecule has 0 fully saturated rings. The SMILES string of the molecule is COc1ccccc1CCNC(=O)C1CCn2ccnc2C1. The van der Waals surface area contributed by atoms with E-state index < -0.39 is 0 Å². The van der Waals surface area contributed by atoms with Crippen LogP contribution in [0, 0.1) is 5.92 Å². The van der Waals surface area contributed by atoms with Crippen LogP contribution in [0.4, 0.5) is 0 Å². The maximum Gasteiger partial charge on any atom is 0.223 e. The van der Waals surface area contributed by atoms with Crippen LogP contribution in [-0.4, -0.2) is 29.1 Å². The van der Waals surface area contributed by atoms with Crippen molar-refractivity contribution in [3.05, 3.63) is 48.0 Å². The van der Waals surface area contributed by atoms with Gasteiger partial charge >= 0.3 is 0 Å². The van der Waals surface area contributed by atoms with Gasteiger partial charge in [-0.25, -0.2) is 4.98 Å². The molecule has 3 rings (SSSR count). The molecule has 0 aliphatic carbocycles. The summed E-state index contributed by atoms with van der Waals surface area (Å²) in [6, 6.07) is 7.91. The van der Waals surface area contributed by atoms with Gasteiger partial charge in [0.1, 0.15) is 11.6 Å². The predicted molar refractivity (Wildman–Crippen MR) is 83.7 cm³/mol. The van der Waals surface area contributed by atoms with Crippen LogP contribution >= 0.6 is 0 Å². The first-order valence-electron chi connectivity index (χ1n) is 7.67. The predicted octanol–water partition coefficient (Wildman–Crippen LogP) is 1.81. The summed E-state index contributed by atoms with van der Waals surface area (Å²) in [4.78, 5) is 16.6. The lowest BCUT2D eigenvalue weighted by Gasteiger charge is -2.22. The maximum absolute atomic E-state index is 12.3. The summed E-state index contributed by atoms with van der Waals surface area (Å²) in [7, 11) is 1.67. The van der Waals surface area contributed by atoms with Crippen LogP contribution in [0.15, 0.2) is 36.7 Å². The molecule has 0 bridgehead atoms. The van der Waals surface area contributed by atoms with Crippen molar-refractivity contribution in [3.63, 3.8) is 0 Å². The Morgan fingerprint density at radius 2 is 2.32 bits per heavy atom. The molecule has 0 saturated carbocycles. The van der Waals surface area contributed by atoms with Crippen LogP contribution < -0.4 is 10.1 Å². The van der Waals surface area contributed by atoms with E-state index in [1.165, 1.54) is 0 Å². The first kappa shape index (κ1) is 14.6. The lowest BCUT2D eigenvalue weighted by molar-refractivity contribution is -0.125. The Balaban J connectivity index is 1.51. The number of amides is 1. The van der Waals surface area contributed by atoms with E-state index in [1.807, 2.05) is 30.5 Å². The highest BCUT2D eigenvalue weighted by molar-refractivity contribution is 5.79. The first-order chi connectivity index (χ1) is 10.8. The van der Waals surface area contributed by atoms with E-state index in [2.05, 4.69) is 14.9 Å². The maximum atomic E-state index is 12.3. The second kappa shape index (κ2) is 6.64. The number of nitrogens with one attached hydrogen (secondary N) is 1. The highest BCUT2D eigenvalue weighted by atomic mass is 16.5. The van der Waals surface area contributed by atoms with Crippen molar-refractivity contribution in [1.82, 2.24) is 14.9 Å². The number of hydrogen-bond acceptors (Lipinski definition) is 3. The molecular weight excluding hydrogens is 278 g/mol. The number of fused-ring (bicyclic) bond motifs is 1. The molecule has 5 heteroatoms. The minimum absolute atomic E-state index is 0.0348. The smallest absolute Gasteiger partial charge is 0.223 e. The van der Waals surface area contributed by atoms with Crippen LogP contribution in [0.25, 0.3) is 0 Å². The summed E-state index contributed by atoms with van der Waals surface area (Å²) in [5.41, 5.74) is 1.12. The van der Waals surface area contributed by atoms with E-state index in [4.69, 9.17) is 4.74 Å². The second-order valence-corrected chi connectivity index (χ2v) is 5.58. The quantitative estimate of drug-likeness (QED) is 0.916. The van der Waals surface area contributed by atoms with Crippen LogP contribution in [-0.2, 0) is 24.2 Å². The van der Waals surface area contributed by atoms with E-state index in [0.717, 1.165) is 42.9 Å². The molecule has 1 aliphatic heterocycles. The third kappa shape index (κ3) is 3.13. The number of carbonyl (C=O) groups is 1. The lowest BCUT2D eigenvalue weighted by Crippen LogP contribution is -2.36. The van der Waals surface area contributed by atoms with Gasteiger partial charge in [0.05, 0.1) is 7.11 Å². The molecule has 0 saturated heterocycles. The molecule has 1 aromatic carbocycles. The zero-order chi connectivity index (χ0) is 15.4. The highest BCUT2D eigenvalue weighted by Crippen LogP contribution is 2.20. The fourth-order valence-corrected chi connectivity index (χ4v) is 2.95. The van der Waals surface area contributed by atoms with E-state index in [1.54, 1.807) is 13.3 Å². The molecular formula is C17H21N3O2. The number of para-hydroxylation sites is 1. The van der Waals surface area contributed by atoms with Crippen molar-refractivity contribution < 1.29 is 9.53 Å². The van der Waals surface area contributed by atoms with Crippen molar-refractivity contribution in [2.45, 2.75) is 25.8 Å². The van der Waals surface area contributed by atoms with Crippen molar-refractivity contribution in [1.29, 1.82) is 0 Å². The van der Waals surface area contributed by atoms with Crippen LogP contribution in [0.3, 0.4) is 0 Å². The Hall–Kier alpha value is -2.30. The molecule has 1 atom stereocenters. The van der Waals surface area contributed by atoms with Crippen LogP contribution in [0.5, 0.6) is 5.75 Å². The molecule has 2 heterocycles. The Kier molecular flexibility index (Phi) is 4.42. The number of aromatic nitrogens is 2. The minimum atomic E-state index is 0.0348. The number of rotatable bonds is 5. The van der Waals surface area contributed by atoms with Gasteiger partial charge in [-0.2, -0.15) is 0 Å². The van der Waals surface area contributed by atoms with Gasteiger partial charge in [0.15, 0.2) is 0 Å². The van der Waals surface area contributed by atoms with E-state index >= 15 is 0 Å². The topological polar surface area (TPSA) is 56.1 Å². The van der Waals surface area contributed by atoms with E-state index in [9.17, 15) is 4.79 Å². The average molecular weight is 299 g/mol. The monoisotopic (exact) mass is 299 g/mol. The minimum Gasteiger partial charge on any atom is -0.496 e. The molecule has 0 radical (unpaired) electrons. The number of aryl methyl sites for hydroxylation is 1. The zero-order valence-corrected chi connectivity index (χ0v) is 12.8. The Labute approximate surface area is 130 Å². The normalized spacial score (nSPS) is 16.9. The average Bonchev–Trinajstić information content (AvgIpc) is 3.02. The lowest BCUT2D eigenvalue weighted by atomic mass is 9.97. The number of hydrogen-bond donors (Lipinski definition) is 1. The number of imidazole rings is 1. The zero-order valence-electron chi connectivity index (χ0n) is 12.8. The summed E-state index contributed by atoms with van der Waals surface area (Å²) in [5, 5.41) is 3.04. The van der Waals surface area contributed by atoms with Gasteiger partial charge in [0.25, 0.3) is 0 Å². The fraction of sp³-hybridized carbons (Fsp3) is 0.412. The number of nitrogens with zero attached hydrogens (tertiary/aromatic N) is 2. The summed E-state index contributed by atoms with van der Waals surface area (Å²) in [6.45, 7) is 1.50. The third-order valence-electron chi connectivity index (χ3n) is 4.21. The summed E-state index contributed by atoms with van der Waals surface area (Å²) in [5.74, 6) is 2.05. The standard InChI is InChI=1S/C17H21N3O2/c1-22-15-5-3-2-4-13(15)6-8-19-17(21)14-7-10-20-11-9-18-16(20)12-14/h2-5,9,11,14H,6-8,10,12H2,1H3,(H,19,21). The number of ether oxygens (including phenoxy) is 1. The first-order valence-corrected chi connectivity index (χ1v) is 7.67. The van der Waals surface area contributed by atoms with E-state index in [0.29, 0.717) is 6.54 Å². The Morgan fingerprint density at radius 3 is 3.18 bits per heavy atom. The van der Waals surface area contributed by atoms with Gasteiger partial charge < -0.3 is 14.6 Å². The largest absolute Gasteiger partial charge is 0.496 e. The number of carbonyl (C=O) groups excluding carboxylic acids is 1. The Morgan fingerprint density at radius 1 is 1.45 bits per heavy atom. The summed E-state index contributed by atoms with van der Waals surface area (Å²) < 4.78 is 7.45. The molecule has 1 aromatic heterocycles. The summed E-state index contributed by atoms with van der Waals surface area (Å²) >= 11 is 0. The third-order valence-corrected chi connectivity index (χ3v) is 4.21. The van der Waals surface area contributed by atoms with Gasteiger partial charge in [0.2, 0.25) is 5.91 Å². The fourth-order valence-electron chi connectivity index (χ4n) is 2.95. The molecule has 1 aliphatic rings. The molecule has 0 spiro atoms. The molecule has 5 nitrogen and oxygen atoms in total. The van der Waals surface area contributed by atoms with Gasteiger partial charge in [-0.1, -0.05) is 18.2 Å².